The fraction of sp³-hybridized carbons (Fsp3) is 0.412. The Bertz CT molecular complexity index is 652. The number of benzene rings is 1. The van der Waals surface area contributed by atoms with Gasteiger partial charge in [-0.1, -0.05) is 37.3 Å². The average Bonchev–Trinajstić information content (AvgIpc) is 3.09. The summed E-state index contributed by atoms with van der Waals surface area (Å²) in [5.74, 6) is -2.77. The molecule has 1 saturated heterocycles. The van der Waals surface area contributed by atoms with Crippen molar-refractivity contribution < 1.29 is 19.4 Å². The molecule has 4 atom stereocenters. The predicted molar refractivity (Wildman–Crippen MR) is 81.6 cm³/mol. The molecule has 0 radical (unpaired) electrons. The molecule has 0 saturated carbocycles. The normalized spacial score (nSPS) is 28.8. The summed E-state index contributed by atoms with van der Waals surface area (Å²) in [6, 6.07) is 5.85. The van der Waals surface area contributed by atoms with Crippen molar-refractivity contribution in [2.45, 2.75) is 32.5 Å². The van der Waals surface area contributed by atoms with Crippen molar-refractivity contribution in [2.24, 2.45) is 11.8 Å². The van der Waals surface area contributed by atoms with Crippen molar-refractivity contribution in [2.75, 3.05) is 5.32 Å². The van der Waals surface area contributed by atoms with Crippen LogP contribution in [0.1, 0.15) is 18.1 Å². The van der Waals surface area contributed by atoms with Crippen LogP contribution in [0.2, 0.25) is 0 Å². The molecule has 1 fully saturated rings. The third-order valence-corrected chi connectivity index (χ3v) is 4.48. The molecular formula is C17H19NO4. The molecule has 2 bridgehead atoms. The minimum atomic E-state index is -0.988. The lowest BCUT2D eigenvalue weighted by Gasteiger charge is -2.22. The van der Waals surface area contributed by atoms with Crippen LogP contribution in [0.5, 0.6) is 0 Å². The van der Waals surface area contributed by atoms with E-state index in [1.807, 2.05) is 32.0 Å². The molecule has 1 aromatic carbocycles. The third kappa shape index (κ3) is 2.31. The molecule has 22 heavy (non-hydrogen) atoms. The van der Waals surface area contributed by atoms with E-state index in [1.54, 1.807) is 12.2 Å². The highest BCUT2D eigenvalue weighted by atomic mass is 16.5. The van der Waals surface area contributed by atoms with Crippen molar-refractivity contribution in [1.29, 1.82) is 0 Å². The van der Waals surface area contributed by atoms with E-state index < -0.39 is 30.0 Å². The van der Waals surface area contributed by atoms with Crippen molar-refractivity contribution in [3.63, 3.8) is 0 Å². The number of amides is 1. The van der Waals surface area contributed by atoms with Gasteiger partial charge in [-0.2, -0.15) is 0 Å². The van der Waals surface area contributed by atoms with Gasteiger partial charge in [0, 0.05) is 5.69 Å². The Kier molecular flexibility index (Phi) is 3.74. The highest BCUT2D eigenvalue weighted by Crippen LogP contribution is 2.40. The Balaban J connectivity index is 1.86. The maximum absolute atomic E-state index is 12.7. The fourth-order valence-corrected chi connectivity index (χ4v) is 3.32. The van der Waals surface area contributed by atoms with Crippen LogP contribution in [-0.4, -0.2) is 29.2 Å². The molecule has 3 rings (SSSR count). The first-order chi connectivity index (χ1) is 10.5. The van der Waals surface area contributed by atoms with E-state index >= 15 is 0 Å². The number of fused-ring (bicyclic) bond motifs is 2. The number of carboxylic acid groups (broad SMARTS) is 1. The maximum Gasteiger partial charge on any atom is 0.310 e. The topological polar surface area (TPSA) is 75.6 Å². The molecule has 5 nitrogen and oxygen atoms in total. The fourth-order valence-electron chi connectivity index (χ4n) is 3.32. The molecule has 1 amide bonds. The lowest BCUT2D eigenvalue weighted by Crippen LogP contribution is -2.39. The smallest absolute Gasteiger partial charge is 0.310 e. The molecule has 116 valence electrons. The van der Waals surface area contributed by atoms with E-state index in [0.717, 1.165) is 23.2 Å². The minimum absolute atomic E-state index is 0.284. The van der Waals surface area contributed by atoms with Gasteiger partial charge in [-0.25, -0.2) is 0 Å². The molecule has 2 aliphatic rings. The summed E-state index contributed by atoms with van der Waals surface area (Å²) in [7, 11) is 0. The quantitative estimate of drug-likeness (QED) is 0.836. The second-order valence-corrected chi connectivity index (χ2v) is 5.79. The summed E-state index contributed by atoms with van der Waals surface area (Å²) in [6.07, 6.45) is 3.37. The SMILES string of the molecule is CCc1cccc(C)c1NC(=O)C1C2C=CC(O2)C1C(=O)O. The maximum atomic E-state index is 12.7. The van der Waals surface area contributed by atoms with E-state index in [4.69, 9.17) is 4.74 Å². The monoisotopic (exact) mass is 301 g/mol. The number of carbonyl (C=O) groups is 2. The average molecular weight is 301 g/mol. The van der Waals surface area contributed by atoms with Crippen LogP contribution in [0.15, 0.2) is 30.4 Å². The number of rotatable bonds is 4. The Labute approximate surface area is 129 Å². The summed E-state index contributed by atoms with van der Waals surface area (Å²) in [6.45, 7) is 3.95. The van der Waals surface area contributed by atoms with Crippen molar-refractivity contribution in [3.05, 3.63) is 41.5 Å². The van der Waals surface area contributed by atoms with Crippen LogP contribution in [0, 0.1) is 18.8 Å². The number of carbonyl (C=O) groups excluding carboxylic acids is 1. The zero-order chi connectivity index (χ0) is 15.9. The van der Waals surface area contributed by atoms with E-state index in [1.165, 1.54) is 0 Å². The van der Waals surface area contributed by atoms with Crippen LogP contribution in [0.3, 0.4) is 0 Å². The van der Waals surface area contributed by atoms with Crippen LogP contribution >= 0.6 is 0 Å². The lowest BCUT2D eigenvalue weighted by molar-refractivity contribution is -0.145. The van der Waals surface area contributed by atoms with Gasteiger partial charge in [0.2, 0.25) is 5.91 Å². The molecule has 0 aromatic heterocycles. The Morgan fingerprint density at radius 3 is 2.55 bits per heavy atom. The number of hydrogen-bond donors (Lipinski definition) is 2. The van der Waals surface area contributed by atoms with E-state index in [0.29, 0.717) is 0 Å². The summed E-state index contributed by atoms with van der Waals surface area (Å²) in [5.41, 5.74) is 2.80. The van der Waals surface area contributed by atoms with E-state index in [-0.39, 0.29) is 5.91 Å². The van der Waals surface area contributed by atoms with E-state index in [2.05, 4.69) is 5.32 Å². The van der Waals surface area contributed by atoms with Gasteiger partial charge in [0.1, 0.15) is 5.92 Å². The third-order valence-electron chi connectivity index (χ3n) is 4.48. The van der Waals surface area contributed by atoms with Gasteiger partial charge in [0.15, 0.2) is 0 Å². The number of aliphatic carboxylic acids is 1. The highest BCUT2D eigenvalue weighted by Gasteiger charge is 2.53. The summed E-state index contributed by atoms with van der Waals surface area (Å²) >= 11 is 0. The molecular weight excluding hydrogens is 282 g/mol. The molecule has 5 heteroatoms. The summed E-state index contributed by atoms with van der Waals surface area (Å²) in [4.78, 5) is 24.1. The Morgan fingerprint density at radius 1 is 1.23 bits per heavy atom. The van der Waals surface area contributed by atoms with Gasteiger partial charge < -0.3 is 15.2 Å². The number of nitrogens with one attached hydrogen (secondary N) is 1. The molecule has 4 unspecified atom stereocenters. The molecule has 2 heterocycles. The summed E-state index contributed by atoms with van der Waals surface area (Å²) in [5, 5.41) is 12.3. The van der Waals surface area contributed by atoms with Crippen LogP contribution in [-0.2, 0) is 20.7 Å². The Morgan fingerprint density at radius 2 is 1.91 bits per heavy atom. The van der Waals surface area contributed by atoms with Gasteiger partial charge in [0.05, 0.1) is 18.1 Å². The van der Waals surface area contributed by atoms with Crippen LogP contribution < -0.4 is 5.32 Å². The number of anilines is 1. The first-order valence-electron chi connectivity index (χ1n) is 7.49. The first-order valence-corrected chi connectivity index (χ1v) is 7.49. The standard InChI is InChI=1S/C17H19NO4/c1-3-10-6-4-5-9(2)15(10)18-16(19)13-11-7-8-12(22-11)14(13)17(20)21/h4-8,11-14H,3H2,1-2H3,(H,18,19)(H,20,21). The van der Waals surface area contributed by atoms with Gasteiger partial charge in [-0.3, -0.25) is 9.59 Å². The van der Waals surface area contributed by atoms with Crippen molar-refractivity contribution in [3.8, 4) is 0 Å². The van der Waals surface area contributed by atoms with Gasteiger partial charge in [-0.15, -0.1) is 0 Å². The molecule has 2 N–H and O–H groups in total. The Hall–Kier alpha value is -2.14. The largest absolute Gasteiger partial charge is 0.481 e. The second-order valence-electron chi connectivity index (χ2n) is 5.79. The number of aryl methyl sites for hydroxylation is 2. The van der Waals surface area contributed by atoms with Crippen molar-refractivity contribution in [1.82, 2.24) is 0 Å². The summed E-state index contributed by atoms with van der Waals surface area (Å²) < 4.78 is 5.55. The zero-order valence-corrected chi connectivity index (χ0v) is 12.6. The molecule has 1 aromatic rings. The van der Waals surface area contributed by atoms with Crippen LogP contribution in [0.4, 0.5) is 5.69 Å². The van der Waals surface area contributed by atoms with Gasteiger partial charge in [0.25, 0.3) is 0 Å². The number of para-hydroxylation sites is 1. The molecule has 2 aliphatic heterocycles. The highest BCUT2D eigenvalue weighted by molar-refractivity contribution is 5.97. The predicted octanol–water partition coefficient (Wildman–Crippen LogP) is 2.15. The first kappa shape index (κ1) is 14.8. The van der Waals surface area contributed by atoms with E-state index in [9.17, 15) is 14.7 Å². The molecule has 0 aliphatic carbocycles. The molecule has 0 spiro atoms. The van der Waals surface area contributed by atoms with Crippen LogP contribution in [0.25, 0.3) is 0 Å². The number of ether oxygens (including phenoxy) is 1. The minimum Gasteiger partial charge on any atom is -0.481 e. The lowest BCUT2D eigenvalue weighted by atomic mass is 9.82. The zero-order valence-electron chi connectivity index (χ0n) is 12.6. The number of carboxylic acids is 1. The van der Waals surface area contributed by atoms with Gasteiger partial charge >= 0.3 is 5.97 Å². The second kappa shape index (κ2) is 5.57. The van der Waals surface area contributed by atoms with Gasteiger partial charge in [-0.05, 0) is 24.5 Å². The van der Waals surface area contributed by atoms with Crippen molar-refractivity contribution >= 4 is 17.6 Å². The number of hydrogen-bond acceptors (Lipinski definition) is 3.